The van der Waals surface area contributed by atoms with Gasteiger partial charge in [0.2, 0.25) is 0 Å². The summed E-state index contributed by atoms with van der Waals surface area (Å²) in [7, 11) is 0. The van der Waals surface area contributed by atoms with Crippen LogP contribution >= 0.6 is 23.2 Å². The summed E-state index contributed by atoms with van der Waals surface area (Å²) >= 11 is 12.0. The Morgan fingerprint density at radius 1 is 0.955 bits per heavy atom. The van der Waals surface area contributed by atoms with Crippen molar-refractivity contribution in [3.8, 4) is 11.1 Å². The summed E-state index contributed by atoms with van der Waals surface area (Å²) in [6.07, 6.45) is 1.71. The first-order valence-corrected chi connectivity index (χ1v) is 7.40. The van der Waals surface area contributed by atoms with Crippen molar-refractivity contribution in [3.05, 3.63) is 76.5 Å². The minimum Gasteiger partial charge on any atom is -0.357 e. The van der Waals surface area contributed by atoms with Gasteiger partial charge in [-0.1, -0.05) is 47.5 Å². The van der Waals surface area contributed by atoms with Crippen LogP contribution in [0.15, 0.2) is 60.8 Å². The van der Waals surface area contributed by atoms with Crippen molar-refractivity contribution in [3.63, 3.8) is 0 Å². The minimum atomic E-state index is -0.197. The SMILES string of the molecule is O=C(Nc1ccccc1-c1ccc(Cl)c(Cl)c1)c1ccc[nH]1. The Morgan fingerprint density at radius 2 is 1.77 bits per heavy atom. The molecule has 3 aromatic rings. The Morgan fingerprint density at radius 3 is 2.50 bits per heavy atom. The molecule has 0 aliphatic carbocycles. The van der Waals surface area contributed by atoms with Gasteiger partial charge in [-0.25, -0.2) is 0 Å². The molecular formula is C17H12Cl2N2O. The molecule has 0 saturated carbocycles. The lowest BCUT2D eigenvalue weighted by atomic mass is 10.0. The molecule has 1 amide bonds. The summed E-state index contributed by atoms with van der Waals surface area (Å²) in [5.74, 6) is -0.197. The Hall–Kier alpha value is -2.23. The van der Waals surface area contributed by atoms with Gasteiger partial charge in [0.05, 0.1) is 10.0 Å². The van der Waals surface area contributed by atoms with E-state index >= 15 is 0 Å². The highest BCUT2D eigenvalue weighted by atomic mass is 35.5. The number of rotatable bonds is 3. The first-order valence-electron chi connectivity index (χ1n) is 6.64. The van der Waals surface area contributed by atoms with E-state index in [1.165, 1.54) is 0 Å². The van der Waals surface area contributed by atoms with E-state index in [4.69, 9.17) is 23.2 Å². The summed E-state index contributed by atoms with van der Waals surface area (Å²) in [4.78, 5) is 15.1. The third kappa shape index (κ3) is 3.01. The van der Waals surface area contributed by atoms with Crippen LogP contribution in [0.2, 0.25) is 10.0 Å². The van der Waals surface area contributed by atoms with E-state index in [1.54, 1.807) is 30.5 Å². The molecule has 0 unspecified atom stereocenters. The maximum atomic E-state index is 12.2. The molecule has 1 heterocycles. The Kier molecular flexibility index (Phi) is 4.18. The number of benzene rings is 2. The molecule has 0 spiro atoms. The molecule has 0 radical (unpaired) electrons. The summed E-state index contributed by atoms with van der Waals surface area (Å²) in [5.41, 5.74) is 2.97. The zero-order chi connectivity index (χ0) is 15.5. The average Bonchev–Trinajstić information content (AvgIpc) is 3.05. The van der Waals surface area contributed by atoms with Gasteiger partial charge in [0, 0.05) is 17.4 Å². The number of para-hydroxylation sites is 1. The van der Waals surface area contributed by atoms with E-state index in [-0.39, 0.29) is 5.91 Å². The van der Waals surface area contributed by atoms with E-state index in [0.717, 1.165) is 11.1 Å². The zero-order valence-corrected chi connectivity index (χ0v) is 12.9. The van der Waals surface area contributed by atoms with Crippen molar-refractivity contribution in [1.29, 1.82) is 0 Å². The van der Waals surface area contributed by atoms with Gasteiger partial charge >= 0.3 is 0 Å². The van der Waals surface area contributed by atoms with Crippen molar-refractivity contribution in [1.82, 2.24) is 4.98 Å². The maximum absolute atomic E-state index is 12.2. The third-order valence-electron chi connectivity index (χ3n) is 3.25. The summed E-state index contributed by atoms with van der Waals surface area (Å²) < 4.78 is 0. The van der Waals surface area contributed by atoms with Gasteiger partial charge in [-0.3, -0.25) is 4.79 Å². The van der Waals surface area contributed by atoms with Gasteiger partial charge in [-0.2, -0.15) is 0 Å². The first kappa shape index (κ1) is 14.7. The predicted molar refractivity (Wildman–Crippen MR) is 90.6 cm³/mol. The van der Waals surface area contributed by atoms with Crippen LogP contribution in [0.1, 0.15) is 10.5 Å². The summed E-state index contributed by atoms with van der Waals surface area (Å²) in [6.45, 7) is 0. The van der Waals surface area contributed by atoms with Crippen molar-refractivity contribution in [2.45, 2.75) is 0 Å². The predicted octanol–water partition coefficient (Wildman–Crippen LogP) is 5.24. The van der Waals surface area contributed by atoms with Crippen LogP contribution < -0.4 is 5.32 Å². The number of aromatic nitrogens is 1. The lowest BCUT2D eigenvalue weighted by Gasteiger charge is -2.11. The smallest absolute Gasteiger partial charge is 0.272 e. The number of hydrogen-bond donors (Lipinski definition) is 2. The average molecular weight is 331 g/mol. The van der Waals surface area contributed by atoms with Crippen LogP contribution in [-0.2, 0) is 0 Å². The van der Waals surface area contributed by atoms with Crippen LogP contribution in [0.25, 0.3) is 11.1 Å². The number of amides is 1. The third-order valence-corrected chi connectivity index (χ3v) is 3.99. The monoisotopic (exact) mass is 330 g/mol. The molecular weight excluding hydrogens is 319 g/mol. The highest BCUT2D eigenvalue weighted by Crippen LogP contribution is 2.32. The molecule has 0 fully saturated rings. The maximum Gasteiger partial charge on any atom is 0.272 e. The fraction of sp³-hybridized carbons (Fsp3) is 0. The number of hydrogen-bond acceptors (Lipinski definition) is 1. The van der Waals surface area contributed by atoms with Crippen LogP contribution in [0.5, 0.6) is 0 Å². The fourth-order valence-corrected chi connectivity index (χ4v) is 2.47. The van der Waals surface area contributed by atoms with Gasteiger partial charge in [0.1, 0.15) is 5.69 Å². The van der Waals surface area contributed by atoms with Crippen LogP contribution in [-0.4, -0.2) is 10.9 Å². The van der Waals surface area contributed by atoms with E-state index in [0.29, 0.717) is 21.4 Å². The number of nitrogens with one attached hydrogen (secondary N) is 2. The molecule has 110 valence electrons. The number of halogens is 2. The molecule has 2 N–H and O–H groups in total. The quantitative estimate of drug-likeness (QED) is 0.677. The largest absolute Gasteiger partial charge is 0.357 e. The fourth-order valence-electron chi connectivity index (χ4n) is 2.17. The second kappa shape index (κ2) is 6.26. The minimum absolute atomic E-state index is 0.197. The molecule has 22 heavy (non-hydrogen) atoms. The van der Waals surface area contributed by atoms with E-state index in [1.807, 2.05) is 30.3 Å². The Bertz CT molecular complexity index is 813. The van der Waals surface area contributed by atoms with Crippen LogP contribution in [0.3, 0.4) is 0 Å². The van der Waals surface area contributed by atoms with Crippen molar-refractivity contribution in [2.24, 2.45) is 0 Å². The lowest BCUT2D eigenvalue weighted by Crippen LogP contribution is -2.12. The topological polar surface area (TPSA) is 44.9 Å². The van der Waals surface area contributed by atoms with Crippen molar-refractivity contribution < 1.29 is 4.79 Å². The van der Waals surface area contributed by atoms with Gasteiger partial charge in [-0.15, -0.1) is 0 Å². The molecule has 0 aliphatic heterocycles. The second-order valence-electron chi connectivity index (χ2n) is 4.71. The van der Waals surface area contributed by atoms with Crippen molar-refractivity contribution in [2.75, 3.05) is 5.32 Å². The van der Waals surface area contributed by atoms with Gasteiger partial charge in [0.15, 0.2) is 0 Å². The van der Waals surface area contributed by atoms with Gasteiger partial charge in [-0.05, 0) is 35.9 Å². The molecule has 3 rings (SSSR count). The van der Waals surface area contributed by atoms with E-state index < -0.39 is 0 Å². The van der Waals surface area contributed by atoms with E-state index in [2.05, 4.69) is 10.3 Å². The standard InChI is InChI=1S/C17H12Cl2N2O/c18-13-8-7-11(10-14(13)19)12-4-1-2-5-15(12)21-17(22)16-6-3-9-20-16/h1-10,20H,(H,21,22). The first-order chi connectivity index (χ1) is 10.6. The number of carbonyl (C=O) groups excluding carboxylic acids is 1. The summed E-state index contributed by atoms with van der Waals surface area (Å²) in [5, 5.41) is 3.87. The highest BCUT2D eigenvalue weighted by molar-refractivity contribution is 6.42. The number of aromatic amines is 1. The molecule has 1 aromatic heterocycles. The number of anilines is 1. The van der Waals surface area contributed by atoms with Crippen LogP contribution in [0, 0.1) is 0 Å². The molecule has 0 aliphatic rings. The highest BCUT2D eigenvalue weighted by Gasteiger charge is 2.11. The molecule has 0 saturated heterocycles. The number of carbonyl (C=O) groups is 1. The molecule has 2 aromatic carbocycles. The Labute approximate surface area is 137 Å². The zero-order valence-electron chi connectivity index (χ0n) is 11.4. The second-order valence-corrected chi connectivity index (χ2v) is 5.53. The molecule has 0 bridgehead atoms. The van der Waals surface area contributed by atoms with Crippen LogP contribution in [0.4, 0.5) is 5.69 Å². The lowest BCUT2D eigenvalue weighted by molar-refractivity contribution is 0.102. The van der Waals surface area contributed by atoms with Gasteiger partial charge < -0.3 is 10.3 Å². The van der Waals surface area contributed by atoms with Gasteiger partial charge in [0.25, 0.3) is 5.91 Å². The van der Waals surface area contributed by atoms with E-state index in [9.17, 15) is 4.79 Å². The molecule has 0 atom stereocenters. The number of H-pyrrole nitrogens is 1. The summed E-state index contributed by atoms with van der Waals surface area (Å²) in [6, 6.07) is 16.4. The molecule has 3 nitrogen and oxygen atoms in total. The Balaban J connectivity index is 1.96. The molecule has 5 heteroatoms. The van der Waals surface area contributed by atoms with Crippen molar-refractivity contribution >= 4 is 34.8 Å². The normalized spacial score (nSPS) is 10.5.